The van der Waals surface area contributed by atoms with Gasteiger partial charge in [-0.2, -0.15) is 0 Å². The van der Waals surface area contributed by atoms with Crippen molar-refractivity contribution in [3.05, 3.63) is 59.7 Å². The zero-order valence-electron chi connectivity index (χ0n) is 11.4. The lowest BCUT2D eigenvalue weighted by Crippen LogP contribution is -2.32. The number of hydrogen-bond acceptors (Lipinski definition) is 3. The van der Waals surface area contributed by atoms with Gasteiger partial charge in [-0.15, -0.1) is 0 Å². The van der Waals surface area contributed by atoms with E-state index in [1.807, 2.05) is 24.3 Å². The molecule has 0 saturated heterocycles. The molecule has 0 bridgehead atoms. The molecule has 2 aromatic carbocycles. The number of fused-ring (bicyclic) bond motifs is 1. The van der Waals surface area contributed by atoms with E-state index in [0.717, 1.165) is 24.0 Å². The van der Waals surface area contributed by atoms with E-state index >= 15 is 0 Å². The lowest BCUT2D eigenvalue weighted by molar-refractivity contribution is -0.122. The predicted octanol–water partition coefficient (Wildman–Crippen LogP) is 2.83. The Labute approximate surface area is 122 Å². The third kappa shape index (κ3) is 2.79. The summed E-state index contributed by atoms with van der Waals surface area (Å²) >= 11 is 0. The maximum atomic E-state index is 12.3. The van der Waals surface area contributed by atoms with Gasteiger partial charge in [-0.25, -0.2) is 0 Å². The van der Waals surface area contributed by atoms with Crippen LogP contribution in [0.15, 0.2) is 48.5 Å². The number of carbonyl (C=O) groups is 2. The summed E-state index contributed by atoms with van der Waals surface area (Å²) in [4.78, 5) is 23.3. The molecule has 1 unspecified atom stereocenters. The highest BCUT2D eigenvalue weighted by Gasteiger charge is 2.25. The van der Waals surface area contributed by atoms with Gasteiger partial charge in [0.25, 0.3) is 5.91 Å². The first-order valence-electron chi connectivity index (χ1n) is 6.87. The van der Waals surface area contributed by atoms with Crippen molar-refractivity contribution in [1.82, 2.24) is 0 Å². The number of benzene rings is 2. The van der Waals surface area contributed by atoms with Crippen LogP contribution in [-0.2, 0) is 11.2 Å². The first-order valence-corrected chi connectivity index (χ1v) is 6.87. The molecule has 0 radical (unpaired) electrons. The minimum absolute atomic E-state index is 0.180. The fourth-order valence-corrected chi connectivity index (χ4v) is 2.44. The van der Waals surface area contributed by atoms with E-state index in [-0.39, 0.29) is 5.91 Å². The number of aryl methyl sites for hydroxylation is 1. The third-order valence-electron chi connectivity index (χ3n) is 3.56. The highest BCUT2D eigenvalue weighted by molar-refractivity contribution is 5.96. The fourth-order valence-electron chi connectivity index (χ4n) is 2.44. The number of hydrogen-bond donors (Lipinski definition) is 1. The molecule has 1 N–H and O–H groups in total. The molecule has 4 nitrogen and oxygen atoms in total. The number of anilines is 1. The molecule has 4 heteroatoms. The van der Waals surface area contributed by atoms with Gasteiger partial charge in [0.15, 0.2) is 12.4 Å². The summed E-state index contributed by atoms with van der Waals surface area (Å²) in [5.41, 5.74) is 2.38. The van der Waals surface area contributed by atoms with Gasteiger partial charge >= 0.3 is 0 Å². The number of ether oxygens (including phenoxy) is 1. The van der Waals surface area contributed by atoms with Crippen molar-refractivity contribution in [3.63, 3.8) is 0 Å². The molecule has 3 rings (SSSR count). The molecule has 0 aliphatic carbocycles. The van der Waals surface area contributed by atoms with Crippen LogP contribution in [0.2, 0.25) is 0 Å². The minimum atomic E-state index is -0.599. The second-order valence-electron chi connectivity index (χ2n) is 4.95. The van der Waals surface area contributed by atoms with Crippen LogP contribution in [0.4, 0.5) is 5.69 Å². The number of carbonyl (C=O) groups excluding carboxylic acids is 2. The van der Waals surface area contributed by atoms with Crippen molar-refractivity contribution < 1.29 is 14.3 Å². The fraction of sp³-hybridized carbons (Fsp3) is 0.176. The van der Waals surface area contributed by atoms with E-state index in [9.17, 15) is 9.59 Å². The van der Waals surface area contributed by atoms with Crippen molar-refractivity contribution in [2.45, 2.75) is 18.9 Å². The summed E-state index contributed by atoms with van der Waals surface area (Å²) in [7, 11) is 0. The maximum Gasteiger partial charge on any atom is 0.265 e. The summed E-state index contributed by atoms with van der Waals surface area (Å²) in [6, 6.07) is 14.6. The van der Waals surface area contributed by atoms with Gasteiger partial charge in [0.2, 0.25) is 0 Å². The van der Waals surface area contributed by atoms with Gasteiger partial charge in [-0.1, -0.05) is 30.3 Å². The molecule has 106 valence electrons. The number of amides is 1. The molecule has 1 atom stereocenters. The van der Waals surface area contributed by atoms with Crippen LogP contribution in [0, 0.1) is 0 Å². The molecular weight excluding hydrogens is 266 g/mol. The Morgan fingerprint density at radius 3 is 2.71 bits per heavy atom. The summed E-state index contributed by atoms with van der Waals surface area (Å²) in [6.07, 6.45) is 1.47. The molecular formula is C17H15NO3. The second kappa shape index (κ2) is 5.79. The summed E-state index contributed by atoms with van der Waals surface area (Å²) < 4.78 is 5.76. The predicted molar refractivity (Wildman–Crippen MR) is 79.6 cm³/mol. The third-order valence-corrected chi connectivity index (χ3v) is 3.56. The van der Waals surface area contributed by atoms with Crippen molar-refractivity contribution in [3.8, 4) is 5.75 Å². The minimum Gasteiger partial charge on any atom is -0.480 e. The van der Waals surface area contributed by atoms with Gasteiger partial charge < -0.3 is 10.1 Å². The molecule has 1 aliphatic rings. The molecule has 2 aromatic rings. The second-order valence-corrected chi connectivity index (χ2v) is 4.95. The van der Waals surface area contributed by atoms with Crippen molar-refractivity contribution in [2.24, 2.45) is 0 Å². The number of aldehydes is 1. The van der Waals surface area contributed by atoms with Gasteiger partial charge in [-0.3, -0.25) is 9.59 Å². The lowest BCUT2D eigenvalue weighted by Gasteiger charge is -2.16. The van der Waals surface area contributed by atoms with Crippen LogP contribution in [0.25, 0.3) is 0 Å². The average Bonchev–Trinajstić information content (AvgIpc) is 2.67. The Morgan fingerprint density at radius 2 is 1.86 bits per heavy atom. The Morgan fingerprint density at radius 1 is 1.10 bits per heavy atom. The van der Waals surface area contributed by atoms with Crippen LogP contribution in [0.3, 0.4) is 0 Å². The molecule has 21 heavy (non-hydrogen) atoms. The molecule has 1 amide bonds. The SMILES string of the molecule is O=Cc1ccccc1OC1CCc2ccccc2NC1=O. The largest absolute Gasteiger partial charge is 0.480 e. The van der Waals surface area contributed by atoms with E-state index in [2.05, 4.69) is 5.32 Å². The van der Waals surface area contributed by atoms with E-state index in [1.165, 1.54) is 0 Å². The lowest BCUT2D eigenvalue weighted by atomic mass is 10.1. The van der Waals surface area contributed by atoms with E-state index < -0.39 is 6.10 Å². The number of para-hydroxylation sites is 2. The van der Waals surface area contributed by atoms with Crippen LogP contribution < -0.4 is 10.1 Å². The Balaban J connectivity index is 1.81. The topological polar surface area (TPSA) is 55.4 Å². The van der Waals surface area contributed by atoms with Gasteiger partial charge in [0, 0.05) is 5.69 Å². The van der Waals surface area contributed by atoms with Crippen molar-refractivity contribution >= 4 is 17.9 Å². The molecule has 0 saturated carbocycles. The van der Waals surface area contributed by atoms with Crippen molar-refractivity contribution in [1.29, 1.82) is 0 Å². The first-order chi connectivity index (χ1) is 10.3. The summed E-state index contributed by atoms with van der Waals surface area (Å²) in [6.45, 7) is 0. The van der Waals surface area contributed by atoms with Gasteiger partial charge in [0.05, 0.1) is 5.56 Å². The zero-order valence-corrected chi connectivity index (χ0v) is 11.4. The van der Waals surface area contributed by atoms with Gasteiger partial charge in [0.1, 0.15) is 5.75 Å². The van der Waals surface area contributed by atoms with E-state index in [0.29, 0.717) is 17.7 Å². The smallest absolute Gasteiger partial charge is 0.265 e. The highest BCUT2D eigenvalue weighted by Crippen LogP contribution is 2.25. The molecule has 0 fully saturated rings. The molecule has 0 spiro atoms. The number of rotatable bonds is 3. The standard InChI is InChI=1S/C17H15NO3/c19-11-13-6-2-4-8-15(13)21-16-10-9-12-5-1-3-7-14(12)18-17(16)20/h1-8,11,16H,9-10H2,(H,18,20). The Hall–Kier alpha value is -2.62. The summed E-state index contributed by atoms with van der Waals surface area (Å²) in [5, 5.41) is 2.88. The van der Waals surface area contributed by atoms with Gasteiger partial charge in [-0.05, 0) is 36.6 Å². The Kier molecular flexibility index (Phi) is 3.69. The van der Waals surface area contributed by atoms with Crippen LogP contribution in [0.5, 0.6) is 5.75 Å². The normalized spacial score (nSPS) is 17.3. The van der Waals surface area contributed by atoms with Crippen molar-refractivity contribution in [2.75, 3.05) is 5.32 Å². The monoisotopic (exact) mass is 281 g/mol. The molecule has 0 aromatic heterocycles. The van der Waals surface area contributed by atoms with Crippen LogP contribution in [-0.4, -0.2) is 18.3 Å². The van der Waals surface area contributed by atoms with Crippen LogP contribution >= 0.6 is 0 Å². The average molecular weight is 281 g/mol. The first kappa shape index (κ1) is 13.4. The molecule has 1 heterocycles. The number of nitrogens with one attached hydrogen (secondary N) is 1. The summed E-state index contributed by atoms with van der Waals surface area (Å²) in [5.74, 6) is 0.263. The Bertz CT molecular complexity index is 681. The quantitative estimate of drug-likeness (QED) is 0.880. The van der Waals surface area contributed by atoms with E-state index in [1.54, 1.807) is 24.3 Å². The van der Waals surface area contributed by atoms with Crippen LogP contribution in [0.1, 0.15) is 22.3 Å². The van der Waals surface area contributed by atoms with E-state index in [4.69, 9.17) is 4.74 Å². The highest BCUT2D eigenvalue weighted by atomic mass is 16.5. The maximum absolute atomic E-state index is 12.3. The molecule has 1 aliphatic heterocycles. The zero-order chi connectivity index (χ0) is 14.7.